The van der Waals surface area contributed by atoms with Gasteiger partial charge in [0.1, 0.15) is 5.82 Å². The Morgan fingerprint density at radius 2 is 1.68 bits per heavy atom. The average Bonchev–Trinajstić information content (AvgIpc) is 3.01. The second-order valence-corrected chi connectivity index (χ2v) is 8.08. The lowest BCUT2D eigenvalue weighted by atomic mass is 9.87. The van der Waals surface area contributed by atoms with Crippen molar-refractivity contribution in [2.75, 3.05) is 31.1 Å². The van der Waals surface area contributed by atoms with Crippen molar-refractivity contribution in [3.05, 3.63) is 23.4 Å². The maximum Gasteiger partial charge on any atom is 0.131 e. The number of piperidine rings is 1. The Labute approximate surface area is 135 Å². The lowest BCUT2D eigenvalue weighted by molar-refractivity contribution is 0.207. The Kier molecular flexibility index (Phi) is 4.44. The minimum absolute atomic E-state index is 0.180. The highest BCUT2D eigenvalue weighted by Crippen LogP contribution is 2.29. The number of hydrogen-bond acceptors (Lipinski definition) is 3. The highest BCUT2D eigenvalue weighted by atomic mass is 15.2. The smallest absolute Gasteiger partial charge is 0.131 e. The van der Waals surface area contributed by atoms with E-state index in [1.54, 1.807) is 0 Å². The Morgan fingerprint density at radius 3 is 2.23 bits per heavy atom. The number of aryl methyl sites for hydroxylation is 1. The number of pyridine rings is 1. The summed E-state index contributed by atoms with van der Waals surface area (Å²) >= 11 is 0. The molecule has 3 nitrogen and oxygen atoms in total. The van der Waals surface area contributed by atoms with E-state index in [2.05, 4.69) is 49.8 Å². The van der Waals surface area contributed by atoms with Crippen LogP contribution in [-0.2, 0) is 5.41 Å². The molecular weight excluding hydrogens is 270 g/mol. The molecule has 0 radical (unpaired) electrons. The number of rotatable bonds is 2. The van der Waals surface area contributed by atoms with E-state index in [-0.39, 0.29) is 5.41 Å². The Hall–Kier alpha value is -1.09. The summed E-state index contributed by atoms with van der Waals surface area (Å²) in [5.74, 6) is 1.20. The highest BCUT2D eigenvalue weighted by molar-refractivity contribution is 5.48. The Bertz CT molecular complexity index is 504. The lowest BCUT2D eigenvalue weighted by Gasteiger charge is -2.38. The van der Waals surface area contributed by atoms with Crippen LogP contribution in [0.25, 0.3) is 0 Å². The Morgan fingerprint density at radius 1 is 1.05 bits per heavy atom. The second-order valence-electron chi connectivity index (χ2n) is 8.08. The molecule has 0 bridgehead atoms. The summed E-state index contributed by atoms with van der Waals surface area (Å²) in [6.45, 7) is 13.9. The van der Waals surface area contributed by atoms with Crippen molar-refractivity contribution < 1.29 is 0 Å². The van der Waals surface area contributed by atoms with Gasteiger partial charge >= 0.3 is 0 Å². The van der Waals surface area contributed by atoms with Gasteiger partial charge in [0, 0.05) is 25.3 Å². The molecule has 3 heterocycles. The van der Waals surface area contributed by atoms with E-state index >= 15 is 0 Å². The molecule has 0 saturated carbocycles. The first-order chi connectivity index (χ1) is 10.4. The third kappa shape index (κ3) is 3.29. The number of likely N-dealkylation sites (tertiary alicyclic amines) is 1. The zero-order valence-corrected chi connectivity index (χ0v) is 14.7. The molecule has 0 spiro atoms. The van der Waals surface area contributed by atoms with E-state index < -0.39 is 0 Å². The van der Waals surface area contributed by atoms with E-state index in [0.717, 1.165) is 19.1 Å². The van der Waals surface area contributed by atoms with Gasteiger partial charge in [-0.15, -0.1) is 0 Å². The summed E-state index contributed by atoms with van der Waals surface area (Å²) in [4.78, 5) is 10.0. The largest absolute Gasteiger partial charge is 0.356 e. The van der Waals surface area contributed by atoms with Crippen molar-refractivity contribution in [3.63, 3.8) is 0 Å². The summed E-state index contributed by atoms with van der Waals surface area (Å²) in [6.07, 6.45) is 7.46. The van der Waals surface area contributed by atoms with Crippen LogP contribution in [0.2, 0.25) is 0 Å². The van der Waals surface area contributed by atoms with Gasteiger partial charge in [0.05, 0.1) is 0 Å². The molecule has 3 rings (SSSR count). The van der Waals surface area contributed by atoms with E-state index in [1.807, 2.05) is 0 Å². The number of nitrogens with zero attached hydrogens (tertiary/aromatic N) is 3. The van der Waals surface area contributed by atoms with E-state index in [0.29, 0.717) is 0 Å². The summed E-state index contributed by atoms with van der Waals surface area (Å²) in [5, 5.41) is 0. The Balaban J connectivity index is 1.66. The van der Waals surface area contributed by atoms with Gasteiger partial charge in [-0.2, -0.15) is 0 Å². The van der Waals surface area contributed by atoms with Crippen LogP contribution < -0.4 is 4.90 Å². The molecule has 0 unspecified atom stereocenters. The number of hydrogen-bond donors (Lipinski definition) is 0. The molecule has 2 aliphatic heterocycles. The highest BCUT2D eigenvalue weighted by Gasteiger charge is 2.27. The molecule has 22 heavy (non-hydrogen) atoms. The van der Waals surface area contributed by atoms with Gasteiger partial charge in [-0.1, -0.05) is 26.8 Å². The molecule has 2 aliphatic rings. The van der Waals surface area contributed by atoms with Crippen LogP contribution in [0.15, 0.2) is 12.3 Å². The molecule has 3 heteroatoms. The van der Waals surface area contributed by atoms with Gasteiger partial charge in [0.15, 0.2) is 0 Å². The SMILES string of the molecule is Cc1cc(C(C)(C)C)cnc1N1CCC(N2CCCC2)CC1. The fraction of sp³-hybridized carbons (Fsp3) is 0.737. The maximum absolute atomic E-state index is 4.80. The average molecular weight is 301 g/mol. The van der Waals surface area contributed by atoms with Gasteiger partial charge in [0.25, 0.3) is 0 Å². The zero-order valence-electron chi connectivity index (χ0n) is 14.7. The maximum atomic E-state index is 4.80. The number of aromatic nitrogens is 1. The molecular formula is C19H31N3. The molecule has 0 aliphatic carbocycles. The fourth-order valence-electron chi connectivity index (χ4n) is 3.86. The van der Waals surface area contributed by atoms with Gasteiger partial charge in [-0.25, -0.2) is 4.98 Å². The molecule has 0 N–H and O–H groups in total. The van der Waals surface area contributed by atoms with Crippen LogP contribution in [0.5, 0.6) is 0 Å². The van der Waals surface area contributed by atoms with Crippen molar-refractivity contribution in [1.82, 2.24) is 9.88 Å². The minimum Gasteiger partial charge on any atom is -0.356 e. The van der Waals surface area contributed by atoms with Crippen LogP contribution in [0, 0.1) is 6.92 Å². The van der Waals surface area contributed by atoms with Crippen molar-refractivity contribution in [2.24, 2.45) is 0 Å². The summed E-state index contributed by atoms with van der Waals surface area (Å²) < 4.78 is 0. The molecule has 2 fully saturated rings. The second kappa shape index (κ2) is 6.19. The van der Waals surface area contributed by atoms with E-state index in [1.165, 1.54) is 55.7 Å². The normalized spacial score (nSPS) is 21.5. The van der Waals surface area contributed by atoms with Crippen LogP contribution in [0.1, 0.15) is 57.6 Å². The topological polar surface area (TPSA) is 19.4 Å². The predicted octanol–water partition coefficient (Wildman–Crippen LogP) is 3.75. The van der Waals surface area contributed by atoms with Crippen molar-refractivity contribution in [2.45, 2.75) is 64.8 Å². The van der Waals surface area contributed by atoms with E-state index in [4.69, 9.17) is 4.98 Å². The fourth-order valence-corrected chi connectivity index (χ4v) is 3.86. The van der Waals surface area contributed by atoms with E-state index in [9.17, 15) is 0 Å². The summed E-state index contributed by atoms with van der Waals surface area (Å²) in [6, 6.07) is 3.14. The summed E-state index contributed by atoms with van der Waals surface area (Å²) in [5.41, 5.74) is 2.84. The van der Waals surface area contributed by atoms with Crippen molar-refractivity contribution in [1.29, 1.82) is 0 Å². The standard InChI is InChI=1S/C19H31N3/c1-15-13-16(19(2,3)4)14-20-18(15)22-11-7-17(8-12-22)21-9-5-6-10-21/h13-14,17H,5-12H2,1-4H3. The van der Waals surface area contributed by atoms with Crippen LogP contribution in [0.3, 0.4) is 0 Å². The third-order valence-corrected chi connectivity index (χ3v) is 5.34. The number of anilines is 1. The zero-order chi connectivity index (χ0) is 15.7. The monoisotopic (exact) mass is 301 g/mol. The molecule has 0 aromatic carbocycles. The van der Waals surface area contributed by atoms with Crippen LogP contribution >= 0.6 is 0 Å². The van der Waals surface area contributed by atoms with Gasteiger partial charge in [-0.3, -0.25) is 0 Å². The van der Waals surface area contributed by atoms with Crippen LogP contribution in [0.4, 0.5) is 5.82 Å². The minimum atomic E-state index is 0.180. The first-order valence-corrected chi connectivity index (χ1v) is 8.91. The molecule has 1 aromatic rings. The van der Waals surface area contributed by atoms with Gasteiger partial charge < -0.3 is 9.80 Å². The predicted molar refractivity (Wildman–Crippen MR) is 93.7 cm³/mol. The first-order valence-electron chi connectivity index (χ1n) is 8.91. The van der Waals surface area contributed by atoms with Gasteiger partial charge in [-0.05, 0) is 62.2 Å². The molecule has 0 amide bonds. The first kappa shape index (κ1) is 15.8. The molecule has 122 valence electrons. The summed E-state index contributed by atoms with van der Waals surface area (Å²) in [7, 11) is 0. The molecule has 2 saturated heterocycles. The quantitative estimate of drug-likeness (QED) is 0.829. The van der Waals surface area contributed by atoms with Crippen LogP contribution in [-0.4, -0.2) is 42.1 Å². The van der Waals surface area contributed by atoms with Gasteiger partial charge in [0.2, 0.25) is 0 Å². The molecule has 1 aromatic heterocycles. The third-order valence-electron chi connectivity index (χ3n) is 5.34. The lowest BCUT2D eigenvalue weighted by Crippen LogP contribution is -2.44. The molecule has 0 atom stereocenters. The van der Waals surface area contributed by atoms with Crippen molar-refractivity contribution >= 4 is 5.82 Å². The van der Waals surface area contributed by atoms with Crippen molar-refractivity contribution in [3.8, 4) is 0 Å².